The molecule has 1 aromatic heterocycles. The van der Waals surface area contributed by atoms with Crippen molar-refractivity contribution < 1.29 is 4.39 Å². The molecule has 1 rings (SSSR count). The summed E-state index contributed by atoms with van der Waals surface area (Å²) in [7, 11) is 1.44. The average molecular weight is 160 g/mol. The average Bonchev–Trinajstić information content (AvgIpc) is 1.84. The largest absolute Gasteiger partial charge is 0.326 e. The third-order valence-electron chi connectivity index (χ3n) is 1.06. The van der Waals surface area contributed by atoms with Crippen molar-refractivity contribution in [2.75, 3.05) is 0 Å². The van der Waals surface area contributed by atoms with Crippen molar-refractivity contribution in [2.45, 2.75) is 0 Å². The molecule has 0 bridgehead atoms. The maximum Gasteiger partial charge on any atom is 0.326 e. The van der Waals surface area contributed by atoms with Crippen molar-refractivity contribution in [3.63, 3.8) is 0 Å². The number of hydrogen-bond donors (Lipinski definition) is 1. The lowest BCUT2D eigenvalue weighted by Gasteiger charge is -1.93. The number of hydrogen-bond acceptors (Lipinski definition) is 2. The minimum absolute atomic E-state index is 0.150. The summed E-state index contributed by atoms with van der Waals surface area (Å²) in [5.74, 6) is -0.586. The highest BCUT2D eigenvalue weighted by Gasteiger charge is 1.94. The molecule has 0 aliphatic rings. The second kappa shape index (κ2) is 2.34. The number of nitrogens with zero attached hydrogens (tertiary/aromatic N) is 1. The van der Waals surface area contributed by atoms with Crippen molar-refractivity contribution >= 4 is 12.2 Å². The predicted octanol–water partition coefficient (Wildman–Crippen LogP) is 0.582. The highest BCUT2D eigenvalue weighted by molar-refractivity contribution is 7.71. The second-order valence-electron chi connectivity index (χ2n) is 1.85. The van der Waals surface area contributed by atoms with E-state index in [2.05, 4.69) is 17.2 Å². The quantitative estimate of drug-likeness (QED) is 0.564. The van der Waals surface area contributed by atoms with E-state index in [1.807, 2.05) is 0 Å². The highest BCUT2D eigenvalue weighted by Crippen LogP contribution is 1.90. The summed E-state index contributed by atoms with van der Waals surface area (Å²) >= 11 is 4.46. The van der Waals surface area contributed by atoms with Crippen LogP contribution in [0, 0.1) is 10.5 Å². The molecule has 3 nitrogen and oxygen atoms in total. The van der Waals surface area contributed by atoms with Gasteiger partial charge in [0, 0.05) is 13.2 Å². The molecule has 0 aromatic carbocycles. The maximum absolute atomic E-state index is 12.5. The van der Waals surface area contributed by atoms with Crippen LogP contribution in [-0.4, -0.2) is 9.55 Å². The van der Waals surface area contributed by atoms with Crippen LogP contribution in [0.1, 0.15) is 0 Å². The zero-order chi connectivity index (χ0) is 7.72. The van der Waals surface area contributed by atoms with Crippen LogP contribution in [0.2, 0.25) is 0 Å². The van der Waals surface area contributed by atoms with Gasteiger partial charge in [0.05, 0.1) is 0 Å². The SMILES string of the molecule is Cn1cc(F)c(=S)[nH]c1=O. The lowest BCUT2D eigenvalue weighted by Crippen LogP contribution is -2.19. The van der Waals surface area contributed by atoms with Crippen molar-refractivity contribution in [3.8, 4) is 0 Å². The van der Waals surface area contributed by atoms with Gasteiger partial charge >= 0.3 is 5.69 Å². The third-order valence-corrected chi connectivity index (χ3v) is 1.36. The van der Waals surface area contributed by atoms with Gasteiger partial charge in [0.2, 0.25) is 0 Å². The number of H-pyrrole nitrogens is 1. The third kappa shape index (κ3) is 1.13. The van der Waals surface area contributed by atoms with Gasteiger partial charge in [-0.15, -0.1) is 0 Å². The minimum Gasteiger partial charge on any atom is -0.301 e. The summed E-state index contributed by atoms with van der Waals surface area (Å²) in [6, 6.07) is 0. The molecule has 5 heteroatoms. The van der Waals surface area contributed by atoms with Gasteiger partial charge in [-0.25, -0.2) is 9.18 Å². The molecule has 0 saturated carbocycles. The Morgan fingerprint density at radius 1 is 1.80 bits per heavy atom. The number of nitrogens with one attached hydrogen (secondary N) is 1. The van der Waals surface area contributed by atoms with Gasteiger partial charge in [0.15, 0.2) is 5.82 Å². The summed E-state index contributed by atoms with van der Waals surface area (Å²) in [5, 5.41) is 0. The molecule has 1 aromatic rings. The molecule has 0 spiro atoms. The Hall–Kier alpha value is -0.970. The van der Waals surface area contributed by atoms with Crippen LogP contribution in [0.25, 0.3) is 0 Å². The fraction of sp³-hybridized carbons (Fsp3) is 0.200. The Labute approximate surface area is 61.1 Å². The zero-order valence-electron chi connectivity index (χ0n) is 5.22. The van der Waals surface area contributed by atoms with E-state index in [0.29, 0.717) is 0 Å². The number of rotatable bonds is 0. The van der Waals surface area contributed by atoms with Crippen LogP contribution in [0.15, 0.2) is 11.0 Å². The molecule has 0 aliphatic carbocycles. The van der Waals surface area contributed by atoms with Crippen LogP contribution in [0.3, 0.4) is 0 Å². The van der Waals surface area contributed by atoms with Gasteiger partial charge in [-0.1, -0.05) is 12.2 Å². The number of aromatic nitrogens is 2. The van der Waals surface area contributed by atoms with E-state index in [-0.39, 0.29) is 4.64 Å². The smallest absolute Gasteiger partial charge is 0.301 e. The van der Waals surface area contributed by atoms with Gasteiger partial charge in [-0.2, -0.15) is 0 Å². The predicted molar refractivity (Wildman–Crippen MR) is 36.8 cm³/mol. The molecular weight excluding hydrogens is 155 g/mol. The topological polar surface area (TPSA) is 37.8 Å². The zero-order valence-corrected chi connectivity index (χ0v) is 6.04. The van der Waals surface area contributed by atoms with E-state index in [9.17, 15) is 9.18 Å². The number of aromatic amines is 1. The van der Waals surface area contributed by atoms with Gasteiger partial charge < -0.3 is 4.57 Å². The van der Waals surface area contributed by atoms with E-state index in [1.165, 1.54) is 7.05 Å². The minimum atomic E-state index is -0.586. The van der Waals surface area contributed by atoms with Gasteiger partial charge in [0.1, 0.15) is 4.64 Å². The molecule has 0 atom stereocenters. The van der Waals surface area contributed by atoms with E-state index >= 15 is 0 Å². The Morgan fingerprint density at radius 2 is 2.40 bits per heavy atom. The monoisotopic (exact) mass is 160 g/mol. The van der Waals surface area contributed by atoms with Crippen molar-refractivity contribution in [1.82, 2.24) is 9.55 Å². The summed E-state index contributed by atoms with van der Waals surface area (Å²) in [6.07, 6.45) is 1.04. The first-order chi connectivity index (χ1) is 4.61. The summed E-state index contributed by atoms with van der Waals surface area (Å²) in [5.41, 5.74) is -0.411. The van der Waals surface area contributed by atoms with Crippen molar-refractivity contribution in [2.24, 2.45) is 7.05 Å². The lowest BCUT2D eigenvalue weighted by molar-refractivity contribution is 0.585. The van der Waals surface area contributed by atoms with Crippen molar-refractivity contribution in [3.05, 3.63) is 27.1 Å². The van der Waals surface area contributed by atoms with Crippen LogP contribution >= 0.6 is 12.2 Å². The maximum atomic E-state index is 12.5. The van der Waals surface area contributed by atoms with Gasteiger partial charge in [0.25, 0.3) is 0 Å². The second-order valence-corrected chi connectivity index (χ2v) is 2.26. The van der Waals surface area contributed by atoms with Gasteiger partial charge in [-0.3, -0.25) is 4.98 Å². The molecule has 54 valence electrons. The van der Waals surface area contributed by atoms with E-state index in [4.69, 9.17) is 0 Å². The number of aryl methyl sites for hydroxylation is 1. The summed E-state index contributed by atoms with van der Waals surface area (Å²) in [6.45, 7) is 0. The van der Waals surface area contributed by atoms with E-state index in [0.717, 1.165) is 10.8 Å². The molecule has 0 fully saturated rings. The first-order valence-electron chi connectivity index (χ1n) is 2.56. The molecule has 0 saturated heterocycles. The van der Waals surface area contributed by atoms with Crippen LogP contribution in [-0.2, 0) is 7.05 Å². The Bertz CT molecular complexity index is 322. The molecule has 0 radical (unpaired) electrons. The first-order valence-corrected chi connectivity index (χ1v) is 2.97. The Morgan fingerprint density at radius 3 is 2.90 bits per heavy atom. The molecule has 0 unspecified atom stereocenters. The van der Waals surface area contributed by atoms with Crippen LogP contribution < -0.4 is 5.69 Å². The molecule has 10 heavy (non-hydrogen) atoms. The molecule has 1 N–H and O–H groups in total. The van der Waals surface area contributed by atoms with E-state index in [1.54, 1.807) is 0 Å². The first kappa shape index (κ1) is 7.14. The molecule has 0 aliphatic heterocycles. The Kier molecular flexibility index (Phi) is 1.67. The van der Waals surface area contributed by atoms with Crippen molar-refractivity contribution in [1.29, 1.82) is 0 Å². The van der Waals surface area contributed by atoms with Crippen LogP contribution in [0.5, 0.6) is 0 Å². The summed E-state index contributed by atoms with van der Waals surface area (Å²) < 4.78 is 13.4. The van der Waals surface area contributed by atoms with E-state index < -0.39 is 11.5 Å². The number of halogens is 1. The Balaban J connectivity index is 3.59. The summed E-state index contributed by atoms with van der Waals surface area (Å²) in [4.78, 5) is 12.8. The van der Waals surface area contributed by atoms with Gasteiger partial charge in [-0.05, 0) is 0 Å². The molecule has 0 amide bonds. The lowest BCUT2D eigenvalue weighted by atomic mass is 10.6. The standard InChI is InChI=1S/C5H5FN2OS/c1-8-2-3(6)4(10)7-5(8)9/h2H,1H3,(H,7,9,10). The van der Waals surface area contributed by atoms with Crippen LogP contribution in [0.4, 0.5) is 4.39 Å². The highest BCUT2D eigenvalue weighted by atomic mass is 32.1. The fourth-order valence-corrected chi connectivity index (χ4v) is 0.672. The normalized spacial score (nSPS) is 9.80. The molecular formula is C5H5FN2OS. The fourth-order valence-electron chi connectivity index (χ4n) is 0.532. The molecule has 1 heterocycles.